The maximum atomic E-state index is 10.8. The third-order valence-electron chi connectivity index (χ3n) is 1.24. The van der Waals surface area contributed by atoms with Gasteiger partial charge in [0.1, 0.15) is 0 Å². The van der Waals surface area contributed by atoms with Crippen LogP contribution in [-0.4, -0.2) is 5.91 Å². The predicted octanol–water partition coefficient (Wildman–Crippen LogP) is 2.85. The molecule has 12 heavy (non-hydrogen) atoms. The Morgan fingerprint density at radius 2 is 2.08 bits per heavy atom. The third kappa shape index (κ3) is 2.89. The van der Waals surface area contributed by atoms with Crippen molar-refractivity contribution in [1.29, 1.82) is 0 Å². The van der Waals surface area contributed by atoms with Gasteiger partial charge in [0, 0.05) is 14.1 Å². The van der Waals surface area contributed by atoms with E-state index in [2.05, 4.69) is 50.5 Å². The maximum absolute atomic E-state index is 10.8. The Morgan fingerprint density at radius 1 is 1.42 bits per heavy atom. The molecular formula is C8H7I2NO. The van der Waals surface area contributed by atoms with Crippen molar-refractivity contribution in [3.8, 4) is 0 Å². The zero-order valence-electron chi connectivity index (χ0n) is 6.40. The Bertz CT molecular complexity index is 312. The van der Waals surface area contributed by atoms with E-state index in [-0.39, 0.29) is 5.91 Å². The molecule has 0 atom stereocenters. The van der Waals surface area contributed by atoms with Gasteiger partial charge in [0.2, 0.25) is 5.91 Å². The van der Waals surface area contributed by atoms with E-state index in [1.807, 2.05) is 18.2 Å². The molecule has 1 rings (SSSR count). The van der Waals surface area contributed by atoms with Crippen LogP contribution in [0.5, 0.6) is 0 Å². The average molecular weight is 387 g/mol. The number of benzene rings is 1. The molecule has 0 spiro atoms. The smallest absolute Gasteiger partial charge is 0.221 e. The van der Waals surface area contributed by atoms with Gasteiger partial charge in [-0.3, -0.25) is 4.79 Å². The van der Waals surface area contributed by atoms with Gasteiger partial charge in [0.05, 0.1) is 5.69 Å². The van der Waals surface area contributed by atoms with Gasteiger partial charge >= 0.3 is 0 Å². The minimum atomic E-state index is -0.0325. The predicted molar refractivity (Wildman–Crippen MR) is 66.2 cm³/mol. The number of anilines is 1. The number of nitrogens with one attached hydrogen (secondary N) is 1. The van der Waals surface area contributed by atoms with E-state index in [1.165, 1.54) is 6.92 Å². The lowest BCUT2D eigenvalue weighted by molar-refractivity contribution is -0.114. The van der Waals surface area contributed by atoms with Crippen LogP contribution in [0.25, 0.3) is 0 Å². The zero-order chi connectivity index (χ0) is 9.14. The molecule has 64 valence electrons. The van der Waals surface area contributed by atoms with Gasteiger partial charge in [-0.25, -0.2) is 0 Å². The summed E-state index contributed by atoms with van der Waals surface area (Å²) in [7, 11) is 0. The first kappa shape index (κ1) is 10.2. The highest BCUT2D eigenvalue weighted by molar-refractivity contribution is 14.1. The molecule has 0 fully saturated rings. The fraction of sp³-hybridized carbons (Fsp3) is 0.125. The molecule has 1 N–H and O–H groups in total. The lowest BCUT2D eigenvalue weighted by Crippen LogP contribution is -2.07. The second-order valence-corrected chi connectivity index (χ2v) is 4.71. The van der Waals surface area contributed by atoms with Crippen molar-refractivity contribution in [2.45, 2.75) is 6.92 Å². The van der Waals surface area contributed by atoms with E-state index in [1.54, 1.807) is 0 Å². The molecule has 0 bridgehead atoms. The number of amides is 1. The minimum absolute atomic E-state index is 0.0325. The average Bonchev–Trinajstić information content (AvgIpc) is 1.96. The van der Waals surface area contributed by atoms with Crippen molar-refractivity contribution < 1.29 is 4.79 Å². The Hall–Kier alpha value is 0.150. The highest BCUT2D eigenvalue weighted by atomic mass is 127. The number of rotatable bonds is 1. The first-order chi connectivity index (χ1) is 5.59. The monoisotopic (exact) mass is 387 g/mol. The molecule has 4 heteroatoms. The van der Waals surface area contributed by atoms with Gasteiger partial charge in [-0.2, -0.15) is 0 Å². The molecule has 1 amide bonds. The van der Waals surface area contributed by atoms with E-state index >= 15 is 0 Å². The van der Waals surface area contributed by atoms with Crippen molar-refractivity contribution in [3.63, 3.8) is 0 Å². The standard InChI is InChI=1S/C8H7I2NO/c1-5(12)11-8-4-6(9)2-3-7(8)10/h2-4H,1H3,(H,11,12). The topological polar surface area (TPSA) is 29.1 Å². The number of hydrogen-bond acceptors (Lipinski definition) is 1. The van der Waals surface area contributed by atoms with Gasteiger partial charge in [-0.05, 0) is 63.4 Å². The van der Waals surface area contributed by atoms with Gasteiger partial charge in [-0.1, -0.05) is 0 Å². The SMILES string of the molecule is CC(=O)Nc1cc(I)ccc1I. The second kappa shape index (κ2) is 4.40. The number of hydrogen-bond donors (Lipinski definition) is 1. The summed E-state index contributed by atoms with van der Waals surface area (Å²) >= 11 is 4.41. The number of carbonyl (C=O) groups is 1. The Morgan fingerprint density at radius 3 is 2.67 bits per heavy atom. The summed E-state index contributed by atoms with van der Waals surface area (Å²) < 4.78 is 2.18. The molecule has 0 unspecified atom stereocenters. The molecule has 0 saturated heterocycles. The van der Waals surface area contributed by atoms with Gasteiger partial charge in [-0.15, -0.1) is 0 Å². The van der Waals surface area contributed by atoms with Crippen molar-refractivity contribution in [2.24, 2.45) is 0 Å². The van der Waals surface area contributed by atoms with Gasteiger partial charge < -0.3 is 5.32 Å². The maximum Gasteiger partial charge on any atom is 0.221 e. The second-order valence-electron chi connectivity index (χ2n) is 2.31. The molecule has 0 aliphatic carbocycles. The van der Waals surface area contributed by atoms with E-state index < -0.39 is 0 Å². The third-order valence-corrected chi connectivity index (χ3v) is 2.85. The summed E-state index contributed by atoms with van der Waals surface area (Å²) in [5.74, 6) is -0.0325. The molecule has 0 aromatic heterocycles. The van der Waals surface area contributed by atoms with Crippen LogP contribution < -0.4 is 5.32 Å². The first-order valence-corrected chi connectivity index (χ1v) is 5.48. The van der Waals surface area contributed by atoms with E-state index in [9.17, 15) is 4.79 Å². The molecule has 1 aromatic carbocycles. The Labute approximate surface area is 98.4 Å². The van der Waals surface area contributed by atoms with Crippen LogP contribution in [0, 0.1) is 7.14 Å². The molecule has 0 aliphatic heterocycles. The van der Waals surface area contributed by atoms with Gasteiger partial charge in [0.25, 0.3) is 0 Å². The molecular weight excluding hydrogens is 380 g/mol. The molecule has 0 saturated carbocycles. The van der Waals surface area contributed by atoms with Crippen LogP contribution in [0.3, 0.4) is 0 Å². The quantitative estimate of drug-likeness (QED) is 0.739. The summed E-state index contributed by atoms with van der Waals surface area (Å²) in [5.41, 5.74) is 0.884. The van der Waals surface area contributed by atoms with E-state index in [0.717, 1.165) is 12.8 Å². The van der Waals surface area contributed by atoms with E-state index in [0.29, 0.717) is 0 Å². The van der Waals surface area contributed by atoms with Crippen LogP contribution in [0.15, 0.2) is 18.2 Å². The summed E-state index contributed by atoms with van der Waals surface area (Å²) in [6, 6.07) is 5.94. The molecule has 0 aliphatic rings. The van der Waals surface area contributed by atoms with Crippen LogP contribution in [0.4, 0.5) is 5.69 Å². The largest absolute Gasteiger partial charge is 0.325 e. The molecule has 0 heterocycles. The first-order valence-electron chi connectivity index (χ1n) is 3.32. The fourth-order valence-electron chi connectivity index (χ4n) is 0.783. The molecule has 0 radical (unpaired) electrons. The summed E-state index contributed by atoms with van der Waals surface area (Å²) in [4.78, 5) is 10.8. The Balaban J connectivity index is 2.97. The van der Waals surface area contributed by atoms with Crippen LogP contribution in [0.2, 0.25) is 0 Å². The normalized spacial score (nSPS) is 9.58. The number of halogens is 2. The summed E-state index contributed by atoms with van der Waals surface area (Å²) in [6.07, 6.45) is 0. The summed E-state index contributed by atoms with van der Waals surface area (Å²) in [5, 5.41) is 2.76. The minimum Gasteiger partial charge on any atom is -0.325 e. The fourth-order valence-corrected chi connectivity index (χ4v) is 1.74. The number of carbonyl (C=O) groups excluding carboxylic acids is 1. The van der Waals surface area contributed by atoms with Crippen molar-refractivity contribution in [1.82, 2.24) is 0 Å². The molecule has 1 aromatic rings. The highest BCUT2D eigenvalue weighted by Gasteiger charge is 2.00. The Kier molecular flexibility index (Phi) is 3.76. The lowest BCUT2D eigenvalue weighted by atomic mass is 10.3. The van der Waals surface area contributed by atoms with Crippen LogP contribution in [0.1, 0.15) is 6.92 Å². The lowest BCUT2D eigenvalue weighted by Gasteiger charge is -2.04. The van der Waals surface area contributed by atoms with Crippen molar-refractivity contribution >= 4 is 56.8 Å². The van der Waals surface area contributed by atoms with Crippen molar-refractivity contribution in [2.75, 3.05) is 5.32 Å². The molecule has 2 nitrogen and oxygen atoms in total. The van der Waals surface area contributed by atoms with Crippen LogP contribution in [-0.2, 0) is 4.79 Å². The van der Waals surface area contributed by atoms with E-state index in [4.69, 9.17) is 0 Å². The van der Waals surface area contributed by atoms with Crippen molar-refractivity contribution in [3.05, 3.63) is 25.3 Å². The van der Waals surface area contributed by atoms with Gasteiger partial charge in [0.15, 0.2) is 0 Å². The van der Waals surface area contributed by atoms with Crippen LogP contribution >= 0.6 is 45.2 Å². The highest BCUT2D eigenvalue weighted by Crippen LogP contribution is 2.20. The summed E-state index contributed by atoms with van der Waals surface area (Å²) in [6.45, 7) is 1.51. The zero-order valence-corrected chi connectivity index (χ0v) is 10.7.